The van der Waals surface area contributed by atoms with Gasteiger partial charge in [0.05, 0.1) is 23.8 Å². The summed E-state index contributed by atoms with van der Waals surface area (Å²) in [6.45, 7) is 0.0395. The van der Waals surface area contributed by atoms with Crippen molar-refractivity contribution < 1.29 is 27.8 Å². The van der Waals surface area contributed by atoms with Gasteiger partial charge in [-0.25, -0.2) is 9.78 Å². The van der Waals surface area contributed by atoms with Crippen LogP contribution in [-0.2, 0) is 15.7 Å². The van der Waals surface area contributed by atoms with Gasteiger partial charge in [-0.15, -0.1) is 0 Å². The Morgan fingerprint density at radius 1 is 1.57 bits per heavy atom. The Balaban J connectivity index is 2.34. The van der Waals surface area contributed by atoms with Crippen LogP contribution in [0.4, 0.5) is 19.0 Å². The number of aliphatic hydroxyl groups is 1. The number of pyridine rings is 1. The highest BCUT2D eigenvalue weighted by molar-refractivity contribution is 6.33. The average Bonchev–Trinajstić information content (AvgIpc) is 2.78. The molecule has 0 saturated carbocycles. The zero-order chi connectivity index (χ0) is 15.8. The average molecular weight is 325 g/mol. The Hall–Kier alpha value is -1.54. The molecule has 0 aromatic carbocycles. The Bertz CT molecular complexity index is 553. The van der Waals surface area contributed by atoms with Gasteiger partial charge in [-0.05, 0) is 6.07 Å². The number of halogens is 4. The van der Waals surface area contributed by atoms with Gasteiger partial charge in [-0.2, -0.15) is 13.2 Å². The predicted molar refractivity (Wildman–Crippen MR) is 68.0 cm³/mol. The molecule has 1 aromatic rings. The van der Waals surface area contributed by atoms with Crippen molar-refractivity contribution in [1.82, 2.24) is 4.98 Å². The fourth-order valence-corrected chi connectivity index (χ4v) is 2.48. The van der Waals surface area contributed by atoms with Gasteiger partial charge in [0.15, 0.2) is 0 Å². The number of β-amino-alcohol motifs (C(OH)–C–C–N with tert-alkyl or cyclic N) is 1. The van der Waals surface area contributed by atoms with Crippen LogP contribution in [0.5, 0.6) is 0 Å². The van der Waals surface area contributed by atoms with E-state index in [-0.39, 0.29) is 23.8 Å². The molecule has 1 fully saturated rings. The number of hydrogen-bond acceptors (Lipinski definition) is 5. The zero-order valence-corrected chi connectivity index (χ0v) is 11.6. The lowest BCUT2D eigenvalue weighted by atomic mass is 10.2. The van der Waals surface area contributed by atoms with Crippen LogP contribution in [0.1, 0.15) is 12.0 Å². The van der Waals surface area contributed by atoms with Crippen LogP contribution in [0.15, 0.2) is 12.3 Å². The quantitative estimate of drug-likeness (QED) is 0.841. The maximum Gasteiger partial charge on any atom is 0.417 e. The molecule has 0 radical (unpaired) electrons. The van der Waals surface area contributed by atoms with E-state index < -0.39 is 29.9 Å². The fraction of sp³-hybridized carbons (Fsp3) is 0.500. The molecule has 0 spiro atoms. The number of carbonyl (C=O) groups excluding carboxylic acids is 1. The SMILES string of the molecule is COC(=O)[C@@H]1C[C@@H](O)CN1c1ncc(C(F)(F)F)cc1Cl. The maximum absolute atomic E-state index is 12.6. The lowest BCUT2D eigenvalue weighted by Crippen LogP contribution is -2.37. The van der Waals surface area contributed by atoms with E-state index in [1.165, 1.54) is 12.0 Å². The molecule has 1 aliphatic heterocycles. The number of anilines is 1. The second-order valence-electron chi connectivity index (χ2n) is 4.61. The summed E-state index contributed by atoms with van der Waals surface area (Å²) in [5.41, 5.74) is -0.981. The summed E-state index contributed by atoms with van der Waals surface area (Å²) in [6.07, 6.45) is -4.62. The van der Waals surface area contributed by atoms with Gasteiger partial charge in [0.2, 0.25) is 0 Å². The number of rotatable bonds is 2. The van der Waals surface area contributed by atoms with Crippen molar-refractivity contribution in [2.24, 2.45) is 0 Å². The Morgan fingerprint density at radius 2 is 2.24 bits per heavy atom. The minimum atomic E-state index is -4.55. The van der Waals surface area contributed by atoms with Crippen molar-refractivity contribution >= 4 is 23.4 Å². The van der Waals surface area contributed by atoms with Crippen molar-refractivity contribution in [3.63, 3.8) is 0 Å². The standard InChI is InChI=1S/C12H12ClF3N2O3/c1-21-11(20)9-3-7(19)5-18(9)10-8(13)2-6(4-17-10)12(14,15)16/h2,4,7,9,19H,3,5H2,1H3/t7-,9+/m1/s1. The monoisotopic (exact) mass is 324 g/mol. The third-order valence-electron chi connectivity index (χ3n) is 3.17. The molecule has 1 N–H and O–H groups in total. The summed E-state index contributed by atoms with van der Waals surface area (Å²) in [7, 11) is 1.19. The van der Waals surface area contributed by atoms with E-state index in [1.807, 2.05) is 0 Å². The molecule has 2 heterocycles. The smallest absolute Gasteiger partial charge is 0.417 e. The maximum atomic E-state index is 12.6. The van der Waals surface area contributed by atoms with Crippen molar-refractivity contribution in [2.75, 3.05) is 18.6 Å². The number of esters is 1. The summed E-state index contributed by atoms with van der Waals surface area (Å²) in [6, 6.07) is -0.0881. The molecule has 1 aliphatic rings. The molecule has 1 saturated heterocycles. The van der Waals surface area contributed by atoms with E-state index in [4.69, 9.17) is 11.6 Å². The lowest BCUT2D eigenvalue weighted by Gasteiger charge is -2.24. The van der Waals surface area contributed by atoms with Crippen LogP contribution in [0.2, 0.25) is 5.02 Å². The number of methoxy groups -OCH3 is 1. The molecule has 0 unspecified atom stereocenters. The van der Waals surface area contributed by atoms with Crippen molar-refractivity contribution in [2.45, 2.75) is 24.7 Å². The van der Waals surface area contributed by atoms with Crippen LogP contribution in [-0.4, -0.2) is 41.9 Å². The summed E-state index contributed by atoms with van der Waals surface area (Å²) in [5.74, 6) is -0.596. The summed E-state index contributed by atoms with van der Waals surface area (Å²) in [4.78, 5) is 16.7. The minimum absolute atomic E-state index is 0.0108. The van der Waals surface area contributed by atoms with E-state index >= 15 is 0 Å². The van der Waals surface area contributed by atoms with Gasteiger partial charge >= 0.3 is 12.1 Å². The number of ether oxygens (including phenoxy) is 1. The van der Waals surface area contributed by atoms with E-state index in [1.54, 1.807) is 0 Å². The third-order valence-corrected chi connectivity index (χ3v) is 3.45. The lowest BCUT2D eigenvalue weighted by molar-refractivity contribution is -0.142. The molecule has 9 heteroatoms. The van der Waals surface area contributed by atoms with Gasteiger partial charge in [0.1, 0.15) is 11.9 Å². The second kappa shape index (κ2) is 5.69. The van der Waals surface area contributed by atoms with Crippen LogP contribution in [0, 0.1) is 0 Å². The first-order valence-corrected chi connectivity index (χ1v) is 6.37. The van der Waals surface area contributed by atoms with Gasteiger partial charge in [-0.1, -0.05) is 11.6 Å². The molecular formula is C12H12ClF3N2O3. The first-order chi connectivity index (χ1) is 9.74. The normalized spacial score (nSPS) is 22.5. The number of hydrogen-bond donors (Lipinski definition) is 1. The van der Waals surface area contributed by atoms with Gasteiger partial charge in [0, 0.05) is 19.2 Å². The predicted octanol–water partition coefficient (Wildman–Crippen LogP) is 1.87. The largest absolute Gasteiger partial charge is 0.467 e. The zero-order valence-electron chi connectivity index (χ0n) is 10.9. The van der Waals surface area contributed by atoms with Gasteiger partial charge in [0.25, 0.3) is 0 Å². The summed E-state index contributed by atoms with van der Waals surface area (Å²) < 4.78 is 42.3. The Labute approximate surface area is 123 Å². The van der Waals surface area contributed by atoms with E-state index in [2.05, 4.69) is 9.72 Å². The van der Waals surface area contributed by atoms with E-state index in [9.17, 15) is 23.1 Å². The number of nitrogens with zero attached hydrogens (tertiary/aromatic N) is 2. The third kappa shape index (κ3) is 3.21. The molecular weight excluding hydrogens is 313 g/mol. The first-order valence-electron chi connectivity index (χ1n) is 5.99. The number of aromatic nitrogens is 1. The molecule has 2 rings (SSSR count). The van der Waals surface area contributed by atoms with Crippen molar-refractivity contribution in [1.29, 1.82) is 0 Å². The topological polar surface area (TPSA) is 62.7 Å². The van der Waals surface area contributed by atoms with Crippen LogP contribution < -0.4 is 4.90 Å². The molecule has 116 valence electrons. The van der Waals surface area contributed by atoms with Gasteiger partial charge < -0.3 is 14.7 Å². The molecule has 0 aliphatic carbocycles. The highest BCUT2D eigenvalue weighted by Gasteiger charge is 2.39. The molecule has 21 heavy (non-hydrogen) atoms. The van der Waals surface area contributed by atoms with Gasteiger partial charge in [-0.3, -0.25) is 0 Å². The number of alkyl halides is 3. The molecule has 0 amide bonds. The van der Waals surface area contributed by atoms with Crippen LogP contribution in [0.25, 0.3) is 0 Å². The van der Waals surface area contributed by atoms with E-state index in [0.717, 1.165) is 6.07 Å². The Morgan fingerprint density at radius 3 is 2.76 bits per heavy atom. The summed E-state index contributed by atoms with van der Waals surface area (Å²) >= 11 is 5.84. The molecule has 0 bridgehead atoms. The number of carbonyl (C=O) groups is 1. The van der Waals surface area contributed by atoms with Crippen molar-refractivity contribution in [3.8, 4) is 0 Å². The fourth-order valence-electron chi connectivity index (χ4n) is 2.20. The van der Waals surface area contributed by atoms with Crippen LogP contribution >= 0.6 is 11.6 Å². The summed E-state index contributed by atoms with van der Waals surface area (Å²) in [5, 5.41) is 9.41. The Kier molecular flexibility index (Phi) is 4.29. The first kappa shape index (κ1) is 15.8. The molecule has 5 nitrogen and oxygen atoms in total. The molecule has 1 aromatic heterocycles. The highest BCUT2D eigenvalue weighted by atomic mass is 35.5. The number of aliphatic hydroxyl groups excluding tert-OH is 1. The molecule has 2 atom stereocenters. The second-order valence-corrected chi connectivity index (χ2v) is 5.02. The van der Waals surface area contributed by atoms with Crippen molar-refractivity contribution in [3.05, 3.63) is 22.8 Å². The minimum Gasteiger partial charge on any atom is -0.467 e. The van der Waals surface area contributed by atoms with E-state index in [0.29, 0.717) is 6.20 Å². The highest BCUT2D eigenvalue weighted by Crippen LogP contribution is 2.35. The van der Waals surface area contributed by atoms with Crippen LogP contribution in [0.3, 0.4) is 0 Å².